The van der Waals surface area contributed by atoms with Crippen LogP contribution in [0.1, 0.15) is 54.9 Å². The van der Waals surface area contributed by atoms with Crippen molar-refractivity contribution in [2.24, 2.45) is 11.8 Å². The number of carbonyl (C=O) groups excluding carboxylic acids is 2. The lowest BCUT2D eigenvalue weighted by Crippen LogP contribution is -2.69. The van der Waals surface area contributed by atoms with Crippen LogP contribution in [0.3, 0.4) is 0 Å². The number of phenolic OH excluding ortho intramolecular Hbond substituents is 1. The third kappa shape index (κ3) is 3.96. The third-order valence-electron chi connectivity index (χ3n) is 10.4. The highest BCUT2D eigenvalue weighted by Crippen LogP contribution is 2.64. The molecule has 2 heterocycles. The molecule has 0 radical (unpaired) electrons. The van der Waals surface area contributed by atoms with E-state index < -0.39 is 0 Å². The Morgan fingerprint density at radius 1 is 1.25 bits per heavy atom. The Morgan fingerprint density at radius 3 is 2.90 bits per heavy atom. The molecule has 2 bridgehead atoms. The number of ether oxygens (including phenoxy) is 2. The summed E-state index contributed by atoms with van der Waals surface area (Å²) in [5.74, 6) is 1.43. The fourth-order valence-corrected chi connectivity index (χ4v) is 8.51. The summed E-state index contributed by atoms with van der Waals surface area (Å²) >= 11 is 0. The summed E-state index contributed by atoms with van der Waals surface area (Å²) in [6, 6.07) is 12.3. The molecule has 2 aliphatic heterocycles. The second kappa shape index (κ2) is 9.37. The Hall–Kier alpha value is -3.32. The van der Waals surface area contributed by atoms with Crippen molar-refractivity contribution in [3.05, 3.63) is 64.7 Å². The molecule has 7 rings (SSSR count). The van der Waals surface area contributed by atoms with Crippen LogP contribution in [-0.4, -0.2) is 71.2 Å². The predicted molar refractivity (Wildman–Crippen MR) is 151 cm³/mol. The molecule has 1 spiro atoms. The zero-order valence-electron chi connectivity index (χ0n) is 23.5. The lowest BCUT2D eigenvalue weighted by atomic mass is 9.51. The van der Waals surface area contributed by atoms with Crippen LogP contribution >= 0.6 is 0 Å². The van der Waals surface area contributed by atoms with Gasteiger partial charge in [-0.2, -0.15) is 0 Å². The second-order valence-corrected chi connectivity index (χ2v) is 12.6. The maximum Gasteiger partial charge on any atom is 0.302 e. The maximum atomic E-state index is 13.4. The van der Waals surface area contributed by atoms with Gasteiger partial charge in [0, 0.05) is 49.5 Å². The normalized spacial score (nSPS) is 33.3. The van der Waals surface area contributed by atoms with Gasteiger partial charge in [-0.3, -0.25) is 14.5 Å². The number of piperidine rings is 1. The van der Waals surface area contributed by atoms with Gasteiger partial charge in [0.15, 0.2) is 11.5 Å². The first-order valence-electron chi connectivity index (χ1n) is 14.7. The van der Waals surface area contributed by atoms with Crippen LogP contribution in [0, 0.1) is 18.8 Å². The first kappa shape index (κ1) is 25.6. The lowest BCUT2D eigenvalue weighted by molar-refractivity contribution is -0.142. The van der Waals surface area contributed by atoms with Gasteiger partial charge in [0.05, 0.1) is 6.04 Å². The number of esters is 1. The van der Waals surface area contributed by atoms with Gasteiger partial charge in [0.1, 0.15) is 12.2 Å². The second-order valence-electron chi connectivity index (χ2n) is 12.6. The number of phenols is 1. The number of amides is 1. The topological polar surface area (TPSA) is 79.3 Å². The average Bonchev–Trinajstić information content (AvgIpc) is 3.54. The van der Waals surface area contributed by atoms with E-state index >= 15 is 0 Å². The number of hydrogen-bond acceptors (Lipinski definition) is 6. The van der Waals surface area contributed by atoms with E-state index in [4.69, 9.17) is 9.47 Å². The van der Waals surface area contributed by atoms with E-state index in [9.17, 15) is 14.7 Å². The first-order valence-corrected chi connectivity index (χ1v) is 14.7. The fourth-order valence-electron chi connectivity index (χ4n) is 8.51. The highest BCUT2D eigenvalue weighted by Gasteiger charge is 2.66. The highest BCUT2D eigenvalue weighted by atomic mass is 16.5. The van der Waals surface area contributed by atoms with Crippen LogP contribution in [-0.2, 0) is 26.2 Å². The monoisotopic (exact) mass is 542 g/mol. The van der Waals surface area contributed by atoms with Crippen LogP contribution in [0.4, 0.5) is 0 Å². The Balaban J connectivity index is 1.17. The van der Waals surface area contributed by atoms with Gasteiger partial charge < -0.3 is 19.5 Å². The van der Waals surface area contributed by atoms with Crippen LogP contribution in [0.25, 0.3) is 6.08 Å². The number of likely N-dealkylation sites (N-methyl/N-ethyl adjacent to an activating group) is 1. The first-order chi connectivity index (χ1) is 19.3. The number of aryl methyl sites for hydroxylation is 1. The SMILES string of the molecule is CC(=O)OC1CC1CN1CC[C@]23c4c5ccc(O)c4O[C@H]2[C@@H](N(C)C(=O)C=Cc2cccc(C)c2)CC[C@H]3[C@H]1C5. The zero-order chi connectivity index (χ0) is 27.8. The number of nitrogens with zero attached hydrogens (tertiary/aromatic N) is 2. The molecule has 40 heavy (non-hydrogen) atoms. The van der Waals surface area contributed by atoms with E-state index in [1.54, 1.807) is 12.1 Å². The molecule has 2 aromatic carbocycles. The standard InChI is InChI=1S/C33H38N2O5/c1-19-5-4-6-21(15-19)7-12-29(38)34(3)25-10-9-24-26-16-22-8-11-27(37)31-30(22)33(24,32(25)40-31)13-14-35(26)18-23-17-28(23)39-20(2)36/h4-8,11-12,15,23-26,28,32,37H,9-10,13-14,16-18H2,1-3H3/t23?,24-,25-,26+,28?,32-,33-/m0/s1. The molecular formula is C33H38N2O5. The molecule has 1 amide bonds. The number of carbonyl (C=O) groups is 2. The van der Waals surface area contributed by atoms with E-state index in [-0.39, 0.29) is 41.3 Å². The summed E-state index contributed by atoms with van der Waals surface area (Å²) in [6.45, 7) is 5.43. The summed E-state index contributed by atoms with van der Waals surface area (Å²) < 4.78 is 12.2. The summed E-state index contributed by atoms with van der Waals surface area (Å²) in [7, 11) is 1.90. The average molecular weight is 543 g/mol. The number of benzene rings is 2. The molecule has 7 nitrogen and oxygen atoms in total. The molecule has 1 saturated heterocycles. The molecule has 7 heteroatoms. The lowest BCUT2D eigenvalue weighted by Gasteiger charge is -2.60. The van der Waals surface area contributed by atoms with E-state index in [0.29, 0.717) is 23.6 Å². The zero-order valence-corrected chi connectivity index (χ0v) is 23.5. The van der Waals surface area contributed by atoms with E-state index in [1.807, 2.05) is 43.1 Å². The van der Waals surface area contributed by atoms with Gasteiger partial charge in [-0.25, -0.2) is 0 Å². The molecule has 2 saturated carbocycles. The fraction of sp³-hybridized carbons (Fsp3) is 0.515. The van der Waals surface area contributed by atoms with Crippen molar-refractivity contribution < 1.29 is 24.2 Å². The van der Waals surface area contributed by atoms with Crippen molar-refractivity contribution in [3.63, 3.8) is 0 Å². The van der Waals surface area contributed by atoms with E-state index in [1.165, 1.54) is 18.1 Å². The Bertz CT molecular complexity index is 1400. The molecule has 3 fully saturated rings. The molecule has 2 aromatic rings. The van der Waals surface area contributed by atoms with Gasteiger partial charge in [-0.1, -0.05) is 35.9 Å². The minimum atomic E-state index is -0.209. The molecule has 5 aliphatic rings. The smallest absolute Gasteiger partial charge is 0.302 e. The summed E-state index contributed by atoms with van der Waals surface area (Å²) in [5, 5.41) is 10.9. The van der Waals surface area contributed by atoms with Crippen LogP contribution < -0.4 is 4.74 Å². The largest absolute Gasteiger partial charge is 0.504 e. The molecule has 1 N–H and O–H groups in total. The maximum absolute atomic E-state index is 13.4. The van der Waals surface area contributed by atoms with E-state index in [2.05, 4.69) is 17.0 Å². The van der Waals surface area contributed by atoms with Crippen molar-refractivity contribution in [1.82, 2.24) is 9.80 Å². The van der Waals surface area contributed by atoms with Gasteiger partial charge in [0.2, 0.25) is 5.91 Å². The summed E-state index contributed by atoms with van der Waals surface area (Å²) in [5.41, 5.74) is 4.43. The van der Waals surface area contributed by atoms with Crippen molar-refractivity contribution in [3.8, 4) is 11.5 Å². The molecule has 0 aromatic heterocycles. The summed E-state index contributed by atoms with van der Waals surface area (Å²) in [6.07, 6.45) is 8.13. The van der Waals surface area contributed by atoms with Gasteiger partial charge in [-0.05, 0) is 74.8 Å². The van der Waals surface area contributed by atoms with Crippen molar-refractivity contribution in [2.45, 2.75) is 75.7 Å². The molecule has 3 aliphatic carbocycles. The molecule has 210 valence electrons. The molecule has 2 unspecified atom stereocenters. The minimum absolute atomic E-state index is 0.0274. The quantitative estimate of drug-likeness (QED) is 0.435. The minimum Gasteiger partial charge on any atom is -0.504 e. The number of hydrogen-bond donors (Lipinski definition) is 1. The Morgan fingerprint density at radius 2 is 2.10 bits per heavy atom. The van der Waals surface area contributed by atoms with Crippen molar-refractivity contribution in [2.75, 3.05) is 20.1 Å². The molecule has 7 atom stereocenters. The summed E-state index contributed by atoms with van der Waals surface area (Å²) in [4.78, 5) is 29.4. The number of rotatable bonds is 6. The number of aromatic hydroxyl groups is 1. The molecular weight excluding hydrogens is 504 g/mol. The number of likely N-dealkylation sites (tertiary alicyclic amines) is 1. The van der Waals surface area contributed by atoms with Gasteiger partial charge >= 0.3 is 5.97 Å². The predicted octanol–water partition coefficient (Wildman–Crippen LogP) is 4.23. The van der Waals surface area contributed by atoms with Crippen LogP contribution in [0.5, 0.6) is 11.5 Å². The van der Waals surface area contributed by atoms with Crippen LogP contribution in [0.2, 0.25) is 0 Å². The van der Waals surface area contributed by atoms with Gasteiger partial charge in [0.25, 0.3) is 0 Å². The third-order valence-corrected chi connectivity index (χ3v) is 10.4. The van der Waals surface area contributed by atoms with Crippen molar-refractivity contribution >= 4 is 18.0 Å². The van der Waals surface area contributed by atoms with Crippen molar-refractivity contribution in [1.29, 1.82) is 0 Å². The highest BCUT2D eigenvalue weighted by molar-refractivity contribution is 5.92. The van der Waals surface area contributed by atoms with Gasteiger partial charge in [-0.15, -0.1) is 0 Å². The Kier molecular flexibility index (Phi) is 6.00. The van der Waals surface area contributed by atoms with E-state index in [0.717, 1.165) is 56.3 Å². The van der Waals surface area contributed by atoms with Crippen LogP contribution in [0.15, 0.2) is 42.5 Å². The Labute approximate surface area is 235 Å².